The van der Waals surface area contributed by atoms with Crippen molar-refractivity contribution in [3.05, 3.63) is 59.2 Å². The summed E-state index contributed by atoms with van der Waals surface area (Å²) < 4.78 is 33.5. The minimum atomic E-state index is -4.20. The van der Waals surface area contributed by atoms with Gasteiger partial charge in [-0.25, -0.2) is 8.42 Å². The molecule has 0 aliphatic carbocycles. The number of amides is 2. The monoisotopic (exact) mass is 531 g/mol. The van der Waals surface area contributed by atoms with Crippen LogP contribution < -0.4 is 10.1 Å². The number of sulfonamides is 1. The molecule has 1 aliphatic heterocycles. The van der Waals surface area contributed by atoms with E-state index in [0.717, 1.165) is 9.87 Å². The lowest BCUT2D eigenvalue weighted by Crippen LogP contribution is -2.61. The number of carbonyl (C=O) groups is 3. The van der Waals surface area contributed by atoms with E-state index in [4.69, 9.17) is 4.74 Å². The molecule has 2 amide bonds. The Bertz CT molecular complexity index is 1260. The van der Waals surface area contributed by atoms with Gasteiger partial charge >= 0.3 is 5.97 Å². The molecule has 1 saturated heterocycles. The highest BCUT2D eigenvalue weighted by Gasteiger charge is 2.41. The topological polar surface area (TPSA) is 133 Å². The van der Waals surface area contributed by atoms with Crippen LogP contribution in [0.1, 0.15) is 43.4 Å². The summed E-state index contributed by atoms with van der Waals surface area (Å²) in [4.78, 5) is 37.9. The van der Waals surface area contributed by atoms with Gasteiger partial charge in [-0.3, -0.25) is 14.4 Å². The molecule has 10 nitrogen and oxygen atoms in total. The first-order valence-electron chi connectivity index (χ1n) is 12.0. The minimum absolute atomic E-state index is 0.0800. The van der Waals surface area contributed by atoms with E-state index in [1.165, 1.54) is 42.7 Å². The van der Waals surface area contributed by atoms with E-state index in [9.17, 15) is 27.9 Å². The maximum atomic E-state index is 13.6. The number of carbonyl (C=O) groups excluding carboxylic acids is 2. The summed E-state index contributed by atoms with van der Waals surface area (Å²) in [5.41, 5.74) is 2.22. The molecule has 2 N–H and O–H groups in total. The van der Waals surface area contributed by atoms with Crippen LogP contribution in [0.3, 0.4) is 0 Å². The number of nitrogens with zero attached hydrogens (tertiary/aromatic N) is 2. The highest BCUT2D eigenvalue weighted by Crippen LogP contribution is 2.27. The van der Waals surface area contributed by atoms with Gasteiger partial charge in [0.15, 0.2) is 0 Å². The molecule has 1 atom stereocenters. The Hall–Kier alpha value is -3.44. The zero-order chi connectivity index (χ0) is 27.3. The maximum Gasteiger partial charge on any atom is 0.307 e. The van der Waals surface area contributed by atoms with Gasteiger partial charge in [-0.15, -0.1) is 0 Å². The molecule has 200 valence electrons. The molecule has 0 radical (unpaired) electrons. The first-order chi connectivity index (χ1) is 17.4. The fourth-order valence-electron chi connectivity index (χ4n) is 4.23. The van der Waals surface area contributed by atoms with Gasteiger partial charge < -0.3 is 20.1 Å². The summed E-state index contributed by atoms with van der Waals surface area (Å²) in [6.45, 7) is 5.71. The van der Waals surface area contributed by atoms with Crippen LogP contribution in [0.5, 0.6) is 5.75 Å². The van der Waals surface area contributed by atoms with E-state index in [1.807, 2.05) is 24.3 Å². The number of hydrogen-bond acceptors (Lipinski definition) is 6. The first kappa shape index (κ1) is 28.1. The Balaban J connectivity index is 1.87. The molecule has 11 heteroatoms. The molecule has 2 aromatic carbocycles. The Morgan fingerprint density at radius 2 is 1.78 bits per heavy atom. The fourth-order valence-corrected chi connectivity index (χ4v) is 5.85. The normalized spacial score (nSPS) is 16.5. The number of benzene rings is 2. The number of carboxylic acids is 1. The highest BCUT2D eigenvalue weighted by atomic mass is 32.2. The van der Waals surface area contributed by atoms with E-state index in [-0.39, 0.29) is 48.3 Å². The number of piperazine rings is 1. The average Bonchev–Trinajstić information content (AvgIpc) is 2.86. The van der Waals surface area contributed by atoms with Gasteiger partial charge in [-0.1, -0.05) is 38.1 Å². The number of nitrogens with one attached hydrogen (secondary N) is 1. The van der Waals surface area contributed by atoms with E-state index >= 15 is 0 Å². The molecule has 1 fully saturated rings. The van der Waals surface area contributed by atoms with Crippen LogP contribution in [0.25, 0.3) is 0 Å². The molecule has 1 aliphatic rings. The zero-order valence-corrected chi connectivity index (χ0v) is 22.2. The lowest BCUT2D eigenvalue weighted by molar-refractivity contribution is -0.136. The summed E-state index contributed by atoms with van der Waals surface area (Å²) in [5, 5.41) is 12.0. The lowest BCUT2D eigenvalue weighted by atomic mass is 10.0. The molecule has 0 bridgehead atoms. The second-order valence-electron chi connectivity index (χ2n) is 9.25. The van der Waals surface area contributed by atoms with Gasteiger partial charge in [-0.05, 0) is 35.2 Å². The summed E-state index contributed by atoms with van der Waals surface area (Å²) in [7, 11) is -2.83. The lowest BCUT2D eigenvalue weighted by Gasteiger charge is -2.39. The van der Waals surface area contributed by atoms with Crippen LogP contribution in [-0.2, 0) is 37.4 Å². The van der Waals surface area contributed by atoms with Crippen molar-refractivity contribution in [1.82, 2.24) is 14.5 Å². The predicted molar refractivity (Wildman–Crippen MR) is 137 cm³/mol. The molecule has 0 spiro atoms. The standard InChI is InChI=1S/C26H33N3O7S/c1-17(2)20-7-5-19(6-8-20)15-27-26(33)23-16-28(18(3)30)11-12-29(23)37(34,35)22-9-10-24(36-4)21(13-22)14-25(31)32/h5-10,13,17,23H,11-12,14-16H2,1-4H3,(H,27,33)(H,31,32)/t23-/m1/s1. The summed E-state index contributed by atoms with van der Waals surface area (Å²) in [6.07, 6.45) is -0.426. The van der Waals surface area contributed by atoms with Crippen LogP contribution in [0.15, 0.2) is 47.4 Å². The number of carboxylic acid groups (broad SMARTS) is 1. The van der Waals surface area contributed by atoms with Crippen molar-refractivity contribution >= 4 is 27.8 Å². The fraction of sp³-hybridized carbons (Fsp3) is 0.423. The van der Waals surface area contributed by atoms with Crippen molar-refractivity contribution in [2.45, 2.75) is 50.6 Å². The molecular formula is C26H33N3O7S. The van der Waals surface area contributed by atoms with Crippen molar-refractivity contribution in [1.29, 1.82) is 0 Å². The number of ether oxygens (including phenoxy) is 1. The van der Waals surface area contributed by atoms with E-state index in [0.29, 0.717) is 5.92 Å². The number of methoxy groups -OCH3 is 1. The van der Waals surface area contributed by atoms with Gasteiger partial charge in [0.25, 0.3) is 0 Å². The largest absolute Gasteiger partial charge is 0.496 e. The van der Waals surface area contributed by atoms with Crippen molar-refractivity contribution in [2.24, 2.45) is 0 Å². The van der Waals surface area contributed by atoms with Crippen LogP contribution in [0.4, 0.5) is 0 Å². The predicted octanol–water partition coefficient (Wildman–Crippen LogP) is 1.98. The zero-order valence-electron chi connectivity index (χ0n) is 21.4. The first-order valence-corrected chi connectivity index (χ1v) is 13.4. The van der Waals surface area contributed by atoms with Crippen molar-refractivity contribution in [3.63, 3.8) is 0 Å². The molecule has 2 aromatic rings. The van der Waals surface area contributed by atoms with E-state index < -0.39 is 34.4 Å². The molecule has 3 rings (SSSR count). The Labute approximate surface area is 217 Å². The maximum absolute atomic E-state index is 13.6. The Kier molecular flexibility index (Phi) is 8.93. The third kappa shape index (κ3) is 6.66. The Morgan fingerprint density at radius 1 is 1.11 bits per heavy atom. The average molecular weight is 532 g/mol. The van der Waals surface area contributed by atoms with Crippen molar-refractivity contribution in [3.8, 4) is 5.75 Å². The van der Waals surface area contributed by atoms with Crippen LogP contribution in [0, 0.1) is 0 Å². The molecule has 0 aromatic heterocycles. The van der Waals surface area contributed by atoms with E-state index in [2.05, 4.69) is 19.2 Å². The van der Waals surface area contributed by atoms with Gasteiger partial charge in [0.1, 0.15) is 11.8 Å². The van der Waals surface area contributed by atoms with Crippen LogP contribution in [0.2, 0.25) is 0 Å². The third-order valence-corrected chi connectivity index (χ3v) is 8.30. The molecule has 37 heavy (non-hydrogen) atoms. The second-order valence-corrected chi connectivity index (χ2v) is 11.1. The second kappa shape index (κ2) is 11.7. The molecule has 0 saturated carbocycles. The van der Waals surface area contributed by atoms with Crippen molar-refractivity contribution in [2.75, 3.05) is 26.7 Å². The number of rotatable bonds is 9. The van der Waals surface area contributed by atoms with Crippen LogP contribution >= 0.6 is 0 Å². The van der Waals surface area contributed by atoms with Gasteiger partial charge in [0, 0.05) is 38.7 Å². The molecule has 1 heterocycles. The quantitative estimate of drug-likeness (QED) is 0.505. The van der Waals surface area contributed by atoms with Gasteiger partial charge in [0.05, 0.1) is 18.4 Å². The smallest absolute Gasteiger partial charge is 0.307 e. The third-order valence-electron chi connectivity index (χ3n) is 6.39. The molecular weight excluding hydrogens is 498 g/mol. The SMILES string of the molecule is COc1ccc(S(=O)(=O)N2CCN(C(C)=O)C[C@@H]2C(=O)NCc2ccc(C(C)C)cc2)cc1CC(=O)O. The van der Waals surface area contributed by atoms with Gasteiger partial charge in [-0.2, -0.15) is 4.31 Å². The Morgan fingerprint density at radius 3 is 2.35 bits per heavy atom. The number of aliphatic carboxylic acids is 1. The van der Waals surface area contributed by atoms with Gasteiger partial charge in [0.2, 0.25) is 21.8 Å². The molecule has 0 unspecified atom stereocenters. The highest BCUT2D eigenvalue weighted by molar-refractivity contribution is 7.89. The summed E-state index contributed by atoms with van der Waals surface area (Å²) in [5.74, 6) is -1.30. The van der Waals surface area contributed by atoms with E-state index in [1.54, 1.807) is 0 Å². The van der Waals surface area contributed by atoms with Crippen LogP contribution in [-0.4, -0.2) is 73.3 Å². The number of hydrogen-bond donors (Lipinski definition) is 2. The summed E-state index contributed by atoms with van der Waals surface area (Å²) >= 11 is 0. The summed E-state index contributed by atoms with van der Waals surface area (Å²) in [6, 6.07) is 10.6. The minimum Gasteiger partial charge on any atom is -0.496 e. The van der Waals surface area contributed by atoms with Crippen molar-refractivity contribution < 1.29 is 32.6 Å².